The maximum absolute atomic E-state index is 12.5. The number of aryl methyl sites for hydroxylation is 1. The highest BCUT2D eigenvalue weighted by Crippen LogP contribution is 2.30. The number of likely N-dealkylation sites (N-methyl/N-ethyl adjacent to an activating group) is 1. The van der Waals surface area contributed by atoms with Crippen molar-refractivity contribution in [3.8, 4) is 5.75 Å². The van der Waals surface area contributed by atoms with Crippen molar-refractivity contribution in [3.63, 3.8) is 0 Å². The molecule has 1 saturated heterocycles. The van der Waals surface area contributed by atoms with Gasteiger partial charge in [0.05, 0.1) is 10.0 Å². The third-order valence-electron chi connectivity index (χ3n) is 4.67. The molecule has 3 rings (SSSR count). The van der Waals surface area contributed by atoms with Gasteiger partial charge in [-0.2, -0.15) is 0 Å². The molecule has 1 amide bonds. The number of phenols is 1. The largest absolute Gasteiger partial charge is 0.506 e. The summed E-state index contributed by atoms with van der Waals surface area (Å²) in [7, 11) is 2.15. The zero-order valence-electron chi connectivity index (χ0n) is 15.1. The number of nitrogens with zero attached hydrogens (tertiary/aromatic N) is 2. The van der Waals surface area contributed by atoms with Crippen molar-refractivity contribution in [2.45, 2.75) is 13.5 Å². The first-order chi connectivity index (χ1) is 12.4. The normalized spacial score (nSPS) is 15.8. The van der Waals surface area contributed by atoms with Crippen LogP contribution in [0.3, 0.4) is 0 Å². The number of piperazine rings is 1. The predicted octanol–water partition coefficient (Wildman–Crippen LogP) is 3.46. The Morgan fingerprint density at radius 2 is 1.81 bits per heavy atom. The summed E-state index contributed by atoms with van der Waals surface area (Å²) in [5.74, 6) is -0.362. The number of aromatic hydroxyl groups is 1. The summed E-state index contributed by atoms with van der Waals surface area (Å²) in [4.78, 5) is 17.2. The van der Waals surface area contributed by atoms with Gasteiger partial charge in [0.25, 0.3) is 5.91 Å². The van der Waals surface area contributed by atoms with Crippen LogP contribution in [-0.4, -0.2) is 54.0 Å². The number of amides is 1. The van der Waals surface area contributed by atoms with Crippen LogP contribution in [0.5, 0.6) is 5.75 Å². The zero-order valence-corrected chi connectivity index (χ0v) is 16.7. The summed E-state index contributed by atoms with van der Waals surface area (Å²) >= 11 is 3.27. The Kier molecular flexibility index (Phi) is 5.96. The van der Waals surface area contributed by atoms with E-state index in [1.165, 1.54) is 5.56 Å². The van der Waals surface area contributed by atoms with Crippen molar-refractivity contribution in [3.05, 3.63) is 57.6 Å². The van der Waals surface area contributed by atoms with Gasteiger partial charge in [0.15, 0.2) is 0 Å². The molecular formula is C20H24BrN3O2. The van der Waals surface area contributed by atoms with E-state index in [9.17, 15) is 9.90 Å². The van der Waals surface area contributed by atoms with Crippen molar-refractivity contribution < 1.29 is 9.90 Å². The number of nitrogens with one attached hydrogen (secondary N) is 1. The van der Waals surface area contributed by atoms with Gasteiger partial charge in [-0.15, -0.1) is 0 Å². The number of hydrogen-bond acceptors (Lipinski definition) is 4. The Labute approximate surface area is 162 Å². The maximum Gasteiger partial charge on any atom is 0.259 e. The standard InChI is InChI=1S/C20H24BrN3O2/c1-14-11-17(19(25)18(21)12-14)20(26)22-16-5-3-15(4-6-16)13-24-9-7-23(2)8-10-24/h3-6,11-12,25H,7-10,13H2,1-2H3,(H,22,26). The molecule has 1 fully saturated rings. The first-order valence-electron chi connectivity index (χ1n) is 8.72. The smallest absolute Gasteiger partial charge is 0.259 e. The van der Waals surface area contributed by atoms with Gasteiger partial charge < -0.3 is 15.3 Å². The Bertz CT molecular complexity index is 784. The van der Waals surface area contributed by atoms with E-state index in [2.05, 4.69) is 38.1 Å². The predicted molar refractivity (Wildman–Crippen MR) is 108 cm³/mol. The molecule has 2 aromatic carbocycles. The second-order valence-electron chi connectivity index (χ2n) is 6.87. The molecule has 2 N–H and O–H groups in total. The molecule has 0 radical (unpaired) electrons. The van der Waals surface area contributed by atoms with Crippen LogP contribution in [-0.2, 0) is 6.54 Å². The van der Waals surface area contributed by atoms with Crippen LogP contribution in [0.15, 0.2) is 40.9 Å². The van der Waals surface area contributed by atoms with Crippen LogP contribution >= 0.6 is 15.9 Å². The van der Waals surface area contributed by atoms with Gasteiger partial charge in [-0.3, -0.25) is 9.69 Å². The van der Waals surface area contributed by atoms with Gasteiger partial charge in [-0.1, -0.05) is 12.1 Å². The molecule has 1 aliphatic rings. The average Bonchev–Trinajstić information content (AvgIpc) is 2.61. The molecular weight excluding hydrogens is 394 g/mol. The Morgan fingerprint density at radius 3 is 2.46 bits per heavy atom. The second kappa shape index (κ2) is 8.20. The first kappa shape index (κ1) is 18.9. The molecule has 6 heteroatoms. The molecule has 0 saturated carbocycles. The molecule has 0 aromatic heterocycles. The lowest BCUT2D eigenvalue weighted by Gasteiger charge is -2.32. The van der Waals surface area contributed by atoms with Gasteiger partial charge >= 0.3 is 0 Å². The van der Waals surface area contributed by atoms with E-state index in [1.54, 1.807) is 12.1 Å². The zero-order chi connectivity index (χ0) is 18.7. The Hall–Kier alpha value is -1.89. The molecule has 0 aliphatic carbocycles. The molecule has 138 valence electrons. The number of phenolic OH excluding ortho intramolecular Hbond substituents is 1. The van der Waals surface area contributed by atoms with E-state index < -0.39 is 0 Å². The van der Waals surface area contributed by atoms with Crippen LogP contribution in [0, 0.1) is 6.92 Å². The summed E-state index contributed by atoms with van der Waals surface area (Å²) in [6, 6.07) is 11.4. The lowest BCUT2D eigenvalue weighted by Crippen LogP contribution is -2.43. The molecule has 0 bridgehead atoms. The summed E-state index contributed by atoms with van der Waals surface area (Å²) in [6.45, 7) is 7.17. The number of rotatable bonds is 4. The molecule has 5 nitrogen and oxygen atoms in total. The topological polar surface area (TPSA) is 55.8 Å². The highest BCUT2D eigenvalue weighted by Gasteiger charge is 2.16. The van der Waals surface area contributed by atoms with Gasteiger partial charge in [0, 0.05) is 38.4 Å². The van der Waals surface area contributed by atoms with E-state index >= 15 is 0 Å². The fourth-order valence-electron chi connectivity index (χ4n) is 3.06. The number of benzene rings is 2. The fourth-order valence-corrected chi connectivity index (χ4v) is 3.64. The van der Waals surface area contributed by atoms with Crippen molar-refractivity contribution in [2.75, 3.05) is 38.5 Å². The Balaban J connectivity index is 1.63. The van der Waals surface area contributed by atoms with Gasteiger partial charge in [0.1, 0.15) is 5.75 Å². The van der Waals surface area contributed by atoms with E-state index in [-0.39, 0.29) is 17.2 Å². The molecule has 26 heavy (non-hydrogen) atoms. The third kappa shape index (κ3) is 4.63. The number of hydrogen-bond donors (Lipinski definition) is 2. The SMILES string of the molecule is Cc1cc(Br)c(O)c(C(=O)Nc2ccc(CN3CCN(C)CC3)cc2)c1. The van der Waals surface area contributed by atoms with Gasteiger partial charge in [-0.25, -0.2) is 0 Å². The molecule has 1 heterocycles. The number of carbonyl (C=O) groups is 1. The molecule has 0 unspecified atom stereocenters. The van der Waals surface area contributed by atoms with Crippen LogP contribution in [0.1, 0.15) is 21.5 Å². The number of halogens is 1. The second-order valence-corrected chi connectivity index (χ2v) is 7.73. The van der Waals surface area contributed by atoms with Crippen molar-refractivity contribution in [1.29, 1.82) is 0 Å². The van der Waals surface area contributed by atoms with E-state index in [0.29, 0.717) is 10.2 Å². The van der Waals surface area contributed by atoms with Crippen LogP contribution < -0.4 is 5.32 Å². The van der Waals surface area contributed by atoms with E-state index in [1.807, 2.05) is 31.2 Å². The quantitative estimate of drug-likeness (QED) is 0.799. The summed E-state index contributed by atoms with van der Waals surface area (Å²) in [5.41, 5.74) is 3.11. The lowest BCUT2D eigenvalue weighted by molar-refractivity contribution is 0.102. The number of anilines is 1. The van der Waals surface area contributed by atoms with Crippen LogP contribution in [0.4, 0.5) is 5.69 Å². The van der Waals surface area contributed by atoms with Crippen LogP contribution in [0.25, 0.3) is 0 Å². The first-order valence-corrected chi connectivity index (χ1v) is 9.52. The van der Waals surface area contributed by atoms with Gasteiger partial charge in [0.2, 0.25) is 0 Å². The third-order valence-corrected chi connectivity index (χ3v) is 5.27. The van der Waals surface area contributed by atoms with E-state index in [0.717, 1.165) is 38.3 Å². The van der Waals surface area contributed by atoms with E-state index in [4.69, 9.17) is 0 Å². The number of carbonyl (C=O) groups excluding carboxylic acids is 1. The molecule has 0 atom stereocenters. The Morgan fingerprint density at radius 1 is 1.15 bits per heavy atom. The lowest BCUT2D eigenvalue weighted by atomic mass is 10.1. The summed E-state index contributed by atoms with van der Waals surface area (Å²) in [5, 5.41) is 12.9. The highest BCUT2D eigenvalue weighted by molar-refractivity contribution is 9.10. The molecule has 1 aliphatic heterocycles. The summed E-state index contributed by atoms with van der Waals surface area (Å²) in [6.07, 6.45) is 0. The van der Waals surface area contributed by atoms with Crippen molar-refractivity contribution in [1.82, 2.24) is 9.80 Å². The fraction of sp³-hybridized carbons (Fsp3) is 0.350. The summed E-state index contributed by atoms with van der Waals surface area (Å²) < 4.78 is 0.519. The van der Waals surface area contributed by atoms with Gasteiger partial charge in [-0.05, 0) is 65.3 Å². The maximum atomic E-state index is 12.5. The minimum absolute atomic E-state index is 0.0419. The molecule has 0 spiro atoms. The highest BCUT2D eigenvalue weighted by atomic mass is 79.9. The monoisotopic (exact) mass is 417 g/mol. The minimum Gasteiger partial charge on any atom is -0.506 e. The van der Waals surface area contributed by atoms with Crippen LogP contribution in [0.2, 0.25) is 0 Å². The minimum atomic E-state index is -0.321. The average molecular weight is 418 g/mol. The van der Waals surface area contributed by atoms with Crippen molar-refractivity contribution in [2.24, 2.45) is 0 Å². The molecule has 2 aromatic rings. The van der Waals surface area contributed by atoms with Crippen molar-refractivity contribution >= 4 is 27.5 Å².